The Morgan fingerprint density at radius 2 is 1.81 bits per heavy atom. The molecule has 0 fully saturated rings. The Hall–Kier alpha value is -2.11. The lowest BCUT2D eigenvalue weighted by Crippen LogP contribution is -2.39. The second kappa shape index (κ2) is 13.1. The minimum Gasteiger partial charge on any atom is -0.469 e. The maximum atomic E-state index is 12.0. The number of hydrogen-bond acceptors (Lipinski definition) is 5. The van der Waals surface area contributed by atoms with Crippen LogP contribution in [0.3, 0.4) is 0 Å². The number of ether oxygens (including phenoxy) is 2. The number of amides is 1. The molecule has 1 amide bonds. The summed E-state index contributed by atoms with van der Waals surface area (Å²) >= 11 is 0. The number of hydrogen-bond donors (Lipinski definition) is 1. The number of rotatable bonds is 11. The molecule has 0 bridgehead atoms. The van der Waals surface area contributed by atoms with E-state index in [1.165, 1.54) is 20.0 Å². The van der Waals surface area contributed by atoms with Crippen LogP contribution in [0.15, 0.2) is 24.3 Å². The van der Waals surface area contributed by atoms with Crippen LogP contribution in [0.2, 0.25) is 0 Å². The quantitative estimate of drug-likeness (QED) is 0.257. The molecule has 0 rings (SSSR count). The average molecular weight is 367 g/mol. The van der Waals surface area contributed by atoms with Gasteiger partial charge in [-0.2, -0.15) is 0 Å². The number of alkyl carbamates (subject to hydrolysis) is 1. The SMILES string of the molecule is CCCCC/C=C/C=C/[C@H](CC(=O)CC(=O)OC)NC(=O)OC(C)(C)C. The highest BCUT2D eigenvalue weighted by atomic mass is 16.6. The summed E-state index contributed by atoms with van der Waals surface area (Å²) in [5, 5.41) is 2.65. The first-order valence-corrected chi connectivity index (χ1v) is 9.09. The van der Waals surface area contributed by atoms with Crippen molar-refractivity contribution in [2.24, 2.45) is 0 Å². The first-order valence-electron chi connectivity index (χ1n) is 9.09. The topological polar surface area (TPSA) is 81.7 Å². The Morgan fingerprint density at radius 3 is 2.38 bits per heavy atom. The predicted octanol–water partition coefficient (Wildman–Crippen LogP) is 4.09. The summed E-state index contributed by atoms with van der Waals surface area (Å²) in [5.41, 5.74) is -0.631. The number of methoxy groups -OCH3 is 1. The Kier molecular flexibility index (Phi) is 12.1. The number of carbonyl (C=O) groups is 3. The zero-order valence-corrected chi connectivity index (χ0v) is 16.7. The number of unbranched alkanes of at least 4 members (excludes halogenated alkanes) is 3. The zero-order chi connectivity index (χ0) is 20.0. The van der Waals surface area contributed by atoms with Crippen LogP contribution in [-0.4, -0.2) is 36.6 Å². The van der Waals surface area contributed by atoms with Gasteiger partial charge in [-0.05, 0) is 33.6 Å². The number of carbonyl (C=O) groups excluding carboxylic acids is 3. The van der Waals surface area contributed by atoms with Gasteiger partial charge >= 0.3 is 12.1 Å². The van der Waals surface area contributed by atoms with Gasteiger partial charge < -0.3 is 14.8 Å². The van der Waals surface area contributed by atoms with Gasteiger partial charge in [0.1, 0.15) is 17.8 Å². The van der Waals surface area contributed by atoms with Crippen LogP contribution in [0.1, 0.15) is 66.2 Å². The molecule has 1 atom stereocenters. The van der Waals surface area contributed by atoms with Gasteiger partial charge in [0.05, 0.1) is 13.2 Å². The number of nitrogens with one attached hydrogen (secondary N) is 1. The van der Waals surface area contributed by atoms with E-state index >= 15 is 0 Å². The maximum absolute atomic E-state index is 12.0. The normalized spacial score (nSPS) is 13.0. The van der Waals surface area contributed by atoms with Crippen LogP contribution < -0.4 is 5.32 Å². The fourth-order valence-electron chi connectivity index (χ4n) is 2.06. The third-order valence-electron chi connectivity index (χ3n) is 3.28. The Labute approximate surface area is 157 Å². The summed E-state index contributed by atoms with van der Waals surface area (Å²) in [5.74, 6) is -0.902. The van der Waals surface area contributed by atoms with Crippen molar-refractivity contribution in [3.63, 3.8) is 0 Å². The Morgan fingerprint density at radius 1 is 1.12 bits per heavy atom. The van der Waals surface area contributed by atoms with E-state index in [1.54, 1.807) is 32.9 Å². The van der Waals surface area contributed by atoms with Crippen LogP contribution in [0.4, 0.5) is 4.79 Å². The molecular formula is C20H33NO5. The smallest absolute Gasteiger partial charge is 0.408 e. The highest BCUT2D eigenvalue weighted by Gasteiger charge is 2.20. The molecule has 0 saturated heterocycles. The summed E-state index contributed by atoms with van der Waals surface area (Å²) in [6.07, 6.45) is 11.0. The van der Waals surface area contributed by atoms with E-state index in [2.05, 4.69) is 17.0 Å². The van der Waals surface area contributed by atoms with Crippen molar-refractivity contribution in [3.05, 3.63) is 24.3 Å². The number of Topliss-reactive ketones (excluding diaryl/α,β-unsaturated/α-hetero) is 1. The van der Waals surface area contributed by atoms with Crippen molar-refractivity contribution in [3.8, 4) is 0 Å². The fraction of sp³-hybridized carbons (Fsp3) is 0.650. The van der Waals surface area contributed by atoms with Gasteiger partial charge in [-0.15, -0.1) is 0 Å². The third kappa shape index (κ3) is 14.3. The number of allylic oxidation sites excluding steroid dienone is 3. The predicted molar refractivity (Wildman–Crippen MR) is 102 cm³/mol. The Balaban J connectivity index is 4.73. The van der Waals surface area contributed by atoms with Crippen molar-refractivity contribution in [2.45, 2.75) is 77.9 Å². The molecule has 0 aliphatic rings. The van der Waals surface area contributed by atoms with Gasteiger partial charge in [-0.3, -0.25) is 9.59 Å². The lowest BCUT2D eigenvalue weighted by Gasteiger charge is -2.22. The average Bonchev–Trinajstić information content (AvgIpc) is 2.51. The molecule has 26 heavy (non-hydrogen) atoms. The van der Waals surface area contributed by atoms with Crippen LogP contribution in [0, 0.1) is 0 Å². The molecule has 0 radical (unpaired) electrons. The third-order valence-corrected chi connectivity index (χ3v) is 3.28. The zero-order valence-electron chi connectivity index (χ0n) is 16.7. The van der Waals surface area contributed by atoms with E-state index in [4.69, 9.17) is 4.74 Å². The minimum atomic E-state index is -0.631. The van der Waals surface area contributed by atoms with Crippen molar-refractivity contribution < 1.29 is 23.9 Å². The monoisotopic (exact) mass is 367 g/mol. The summed E-state index contributed by atoms with van der Waals surface area (Å²) in [6, 6.07) is -0.553. The van der Waals surface area contributed by atoms with Gasteiger partial charge in [0.2, 0.25) is 0 Å². The first-order chi connectivity index (χ1) is 12.2. The van der Waals surface area contributed by atoms with Crippen molar-refractivity contribution in [2.75, 3.05) is 7.11 Å². The van der Waals surface area contributed by atoms with Crippen LogP contribution >= 0.6 is 0 Å². The summed E-state index contributed by atoms with van der Waals surface area (Å²) in [6.45, 7) is 7.44. The molecule has 0 aromatic carbocycles. The molecule has 148 valence electrons. The standard InChI is InChI=1S/C20H33NO5/c1-6-7-8-9-10-11-12-13-16(14-17(22)15-18(23)25-5)21-19(24)26-20(2,3)4/h10-13,16H,6-9,14-15H2,1-5H3,(H,21,24)/b11-10+,13-12+/t16-/m1/s1. The molecule has 0 unspecified atom stereocenters. The van der Waals surface area contributed by atoms with E-state index in [1.807, 2.05) is 12.2 Å². The molecular weight excluding hydrogens is 334 g/mol. The van der Waals surface area contributed by atoms with Gasteiger partial charge in [0.15, 0.2) is 0 Å². The second-order valence-electron chi connectivity index (χ2n) is 7.06. The Bertz CT molecular complexity index is 503. The molecule has 6 heteroatoms. The first kappa shape index (κ1) is 23.9. The minimum absolute atomic E-state index is 0.00544. The summed E-state index contributed by atoms with van der Waals surface area (Å²) < 4.78 is 9.71. The van der Waals surface area contributed by atoms with Crippen molar-refractivity contribution in [1.29, 1.82) is 0 Å². The highest BCUT2D eigenvalue weighted by molar-refractivity contribution is 5.96. The van der Waals surface area contributed by atoms with Gasteiger partial charge in [0, 0.05) is 6.42 Å². The van der Waals surface area contributed by atoms with E-state index in [9.17, 15) is 14.4 Å². The van der Waals surface area contributed by atoms with Crippen LogP contribution in [0.25, 0.3) is 0 Å². The molecule has 0 spiro atoms. The summed E-state index contributed by atoms with van der Waals surface area (Å²) in [4.78, 5) is 35.1. The van der Waals surface area contributed by atoms with Crippen LogP contribution in [0.5, 0.6) is 0 Å². The molecule has 0 aromatic heterocycles. The van der Waals surface area contributed by atoms with Crippen molar-refractivity contribution in [1.82, 2.24) is 5.32 Å². The van der Waals surface area contributed by atoms with E-state index < -0.39 is 23.7 Å². The second-order valence-corrected chi connectivity index (χ2v) is 7.06. The van der Waals surface area contributed by atoms with Gasteiger partial charge in [-0.25, -0.2) is 4.79 Å². The fourth-order valence-corrected chi connectivity index (χ4v) is 2.06. The number of esters is 1. The lowest BCUT2D eigenvalue weighted by atomic mass is 10.1. The van der Waals surface area contributed by atoms with Crippen molar-refractivity contribution >= 4 is 17.8 Å². The largest absolute Gasteiger partial charge is 0.469 e. The molecule has 1 N–H and O–H groups in total. The maximum Gasteiger partial charge on any atom is 0.408 e. The van der Waals surface area contributed by atoms with Crippen LogP contribution in [-0.2, 0) is 19.1 Å². The van der Waals surface area contributed by atoms with E-state index in [-0.39, 0.29) is 18.6 Å². The molecule has 0 aliphatic heterocycles. The molecule has 0 saturated carbocycles. The molecule has 0 heterocycles. The highest BCUT2D eigenvalue weighted by Crippen LogP contribution is 2.08. The van der Waals surface area contributed by atoms with E-state index in [0.717, 1.165) is 12.8 Å². The van der Waals surface area contributed by atoms with Gasteiger partial charge in [-0.1, -0.05) is 44.1 Å². The molecule has 6 nitrogen and oxygen atoms in total. The lowest BCUT2D eigenvalue weighted by molar-refractivity contribution is -0.143. The summed E-state index contributed by atoms with van der Waals surface area (Å²) in [7, 11) is 1.23. The van der Waals surface area contributed by atoms with Gasteiger partial charge in [0.25, 0.3) is 0 Å². The molecule has 0 aliphatic carbocycles. The molecule has 0 aromatic rings. The van der Waals surface area contributed by atoms with E-state index in [0.29, 0.717) is 0 Å². The number of ketones is 1.